The van der Waals surface area contributed by atoms with Gasteiger partial charge in [-0.05, 0) is 40.0 Å². The van der Waals surface area contributed by atoms with E-state index in [1.54, 1.807) is 11.0 Å². The average Bonchev–Trinajstić information content (AvgIpc) is 2.69. The molecule has 1 aliphatic heterocycles. The quantitative estimate of drug-likeness (QED) is 0.649. The zero-order chi connectivity index (χ0) is 14.8. The van der Waals surface area contributed by atoms with Crippen LogP contribution in [-0.2, 0) is 9.53 Å². The maximum Gasteiger partial charge on any atom is 0.261 e. The molecule has 1 aromatic rings. The lowest BCUT2D eigenvalue weighted by Gasteiger charge is -2.30. The van der Waals surface area contributed by atoms with E-state index in [0.717, 1.165) is 22.5 Å². The molecule has 1 heterocycles. The molecule has 0 fully saturated rings. The number of allylic oxidation sites excluding steroid dienone is 2. The van der Waals surface area contributed by atoms with Gasteiger partial charge in [0.15, 0.2) is 6.73 Å². The minimum absolute atomic E-state index is 0.0921. The number of nitrogens with zero attached hydrogens (tertiary/aromatic N) is 1. The number of benzene rings is 1. The Morgan fingerprint density at radius 2 is 2.19 bits per heavy atom. The van der Waals surface area contributed by atoms with Crippen molar-refractivity contribution in [2.24, 2.45) is 5.14 Å². The largest absolute Gasteiger partial charge is 0.472 e. The maximum absolute atomic E-state index is 12.7. The standard InChI is InChI=1S/C15H11BrN2O2S/c16-10-4-3-5-11-13(8-10)20-9-18(15(11)19)12-6-1-2-7-14(12)21-17/h1-2,6-8H,5,9,17H2. The van der Waals surface area contributed by atoms with Crippen molar-refractivity contribution in [3.05, 3.63) is 46.2 Å². The van der Waals surface area contributed by atoms with Crippen molar-refractivity contribution >= 4 is 39.5 Å². The van der Waals surface area contributed by atoms with Crippen molar-refractivity contribution in [1.29, 1.82) is 0 Å². The van der Waals surface area contributed by atoms with Gasteiger partial charge in [0.25, 0.3) is 5.91 Å². The first-order valence-electron chi connectivity index (χ1n) is 6.20. The van der Waals surface area contributed by atoms with Crippen LogP contribution >= 0.6 is 27.9 Å². The number of amides is 1. The van der Waals surface area contributed by atoms with Gasteiger partial charge in [-0.25, -0.2) is 0 Å². The molecule has 0 spiro atoms. The Kier molecular flexibility index (Phi) is 4.06. The van der Waals surface area contributed by atoms with E-state index in [1.807, 2.05) is 24.3 Å². The normalized spacial score (nSPS) is 17.3. The molecular formula is C15H11BrN2O2S. The molecule has 0 atom stereocenters. The number of carbonyl (C=O) groups is 1. The minimum Gasteiger partial charge on any atom is -0.472 e. The topological polar surface area (TPSA) is 55.6 Å². The van der Waals surface area contributed by atoms with E-state index in [0.29, 0.717) is 22.2 Å². The summed E-state index contributed by atoms with van der Waals surface area (Å²) in [5.41, 5.74) is 1.32. The summed E-state index contributed by atoms with van der Waals surface area (Å²) in [6, 6.07) is 7.49. The molecule has 1 aromatic carbocycles. The molecule has 0 bridgehead atoms. The Bertz CT molecular complexity index is 731. The Hall–Kier alpha value is -1.68. The zero-order valence-corrected chi connectivity index (χ0v) is 13.3. The van der Waals surface area contributed by atoms with E-state index in [4.69, 9.17) is 9.88 Å². The van der Waals surface area contributed by atoms with Gasteiger partial charge in [0.05, 0.1) is 15.7 Å². The lowest BCUT2D eigenvalue weighted by molar-refractivity contribution is -0.117. The molecule has 0 unspecified atom stereocenters. The van der Waals surface area contributed by atoms with Crippen LogP contribution in [-0.4, -0.2) is 12.6 Å². The number of para-hydroxylation sites is 1. The second-order valence-corrected chi connectivity index (χ2v) is 5.94. The van der Waals surface area contributed by atoms with Gasteiger partial charge in [0.1, 0.15) is 5.76 Å². The third-order valence-electron chi connectivity index (χ3n) is 3.16. The Morgan fingerprint density at radius 1 is 1.38 bits per heavy atom. The number of halogens is 1. The molecule has 21 heavy (non-hydrogen) atoms. The fourth-order valence-corrected chi connectivity index (χ4v) is 2.97. The van der Waals surface area contributed by atoms with Gasteiger partial charge in [0, 0.05) is 17.4 Å². The van der Waals surface area contributed by atoms with E-state index in [2.05, 4.69) is 27.8 Å². The van der Waals surface area contributed by atoms with E-state index in [1.165, 1.54) is 0 Å². The smallest absolute Gasteiger partial charge is 0.261 e. The highest BCUT2D eigenvalue weighted by molar-refractivity contribution is 9.12. The predicted octanol–water partition coefficient (Wildman–Crippen LogP) is 2.91. The molecule has 3 rings (SSSR count). The van der Waals surface area contributed by atoms with Crippen molar-refractivity contribution in [3.63, 3.8) is 0 Å². The number of rotatable bonds is 2. The maximum atomic E-state index is 12.7. The summed E-state index contributed by atoms with van der Waals surface area (Å²) in [7, 11) is 0. The van der Waals surface area contributed by atoms with Crippen molar-refractivity contribution in [1.82, 2.24) is 0 Å². The summed E-state index contributed by atoms with van der Waals surface area (Å²) in [5, 5.41) is 5.67. The predicted molar refractivity (Wildman–Crippen MR) is 86.4 cm³/mol. The number of anilines is 1. The van der Waals surface area contributed by atoms with Gasteiger partial charge >= 0.3 is 0 Å². The van der Waals surface area contributed by atoms with Crippen LogP contribution < -0.4 is 10.0 Å². The molecule has 1 aliphatic carbocycles. The van der Waals surface area contributed by atoms with Gasteiger partial charge in [-0.15, -0.1) is 0 Å². The highest BCUT2D eigenvalue weighted by atomic mass is 79.9. The highest BCUT2D eigenvalue weighted by Gasteiger charge is 2.30. The number of ether oxygens (including phenoxy) is 1. The Morgan fingerprint density at radius 3 is 3.00 bits per heavy atom. The number of nitrogens with two attached hydrogens (primary N) is 1. The van der Waals surface area contributed by atoms with Gasteiger partial charge in [0.2, 0.25) is 0 Å². The van der Waals surface area contributed by atoms with Gasteiger partial charge < -0.3 is 4.74 Å². The monoisotopic (exact) mass is 362 g/mol. The van der Waals surface area contributed by atoms with Crippen LogP contribution in [0, 0.1) is 11.8 Å². The number of hydrogen-bond donors (Lipinski definition) is 1. The van der Waals surface area contributed by atoms with E-state index in [-0.39, 0.29) is 12.6 Å². The SMILES string of the molecule is NSc1ccccc1N1COC2=C(CC#CC(Br)=C2)C1=O. The summed E-state index contributed by atoms with van der Waals surface area (Å²) < 4.78 is 6.43. The molecule has 106 valence electrons. The summed E-state index contributed by atoms with van der Waals surface area (Å²) in [5.74, 6) is 6.33. The van der Waals surface area contributed by atoms with Crippen LogP contribution in [0.3, 0.4) is 0 Å². The molecule has 0 aromatic heterocycles. The molecule has 0 saturated heterocycles. The fourth-order valence-electron chi connectivity index (χ4n) is 2.17. The van der Waals surface area contributed by atoms with Crippen molar-refractivity contribution in [3.8, 4) is 11.8 Å². The average molecular weight is 363 g/mol. The summed E-state index contributed by atoms with van der Waals surface area (Å²) in [4.78, 5) is 15.1. The lowest BCUT2D eigenvalue weighted by Crippen LogP contribution is -2.38. The van der Waals surface area contributed by atoms with Gasteiger partial charge in [-0.1, -0.05) is 24.0 Å². The van der Waals surface area contributed by atoms with Gasteiger partial charge in [-0.2, -0.15) is 0 Å². The molecule has 6 heteroatoms. The molecule has 4 nitrogen and oxygen atoms in total. The number of hydrogen-bond acceptors (Lipinski definition) is 4. The van der Waals surface area contributed by atoms with E-state index < -0.39 is 0 Å². The third kappa shape index (κ3) is 2.72. The minimum atomic E-state index is -0.0921. The first-order valence-corrected chi connectivity index (χ1v) is 7.87. The second-order valence-electron chi connectivity index (χ2n) is 4.41. The van der Waals surface area contributed by atoms with Crippen LogP contribution in [0.15, 0.2) is 51.1 Å². The Balaban J connectivity index is 2.00. The summed E-state index contributed by atoms with van der Waals surface area (Å²) in [6.07, 6.45) is 2.11. The van der Waals surface area contributed by atoms with Gasteiger partial charge in [-0.3, -0.25) is 14.8 Å². The first-order chi connectivity index (χ1) is 10.2. The fraction of sp³-hybridized carbons (Fsp3) is 0.133. The second kappa shape index (κ2) is 5.98. The van der Waals surface area contributed by atoms with Crippen molar-refractivity contribution < 1.29 is 9.53 Å². The van der Waals surface area contributed by atoms with Crippen LogP contribution in [0.2, 0.25) is 0 Å². The molecule has 2 aliphatic rings. The molecular weight excluding hydrogens is 352 g/mol. The van der Waals surface area contributed by atoms with Crippen molar-refractivity contribution in [2.75, 3.05) is 11.6 Å². The van der Waals surface area contributed by atoms with Crippen LogP contribution in [0.4, 0.5) is 5.69 Å². The van der Waals surface area contributed by atoms with E-state index in [9.17, 15) is 4.79 Å². The zero-order valence-electron chi connectivity index (χ0n) is 10.9. The van der Waals surface area contributed by atoms with Crippen molar-refractivity contribution in [2.45, 2.75) is 11.3 Å². The molecule has 1 amide bonds. The number of carbonyl (C=O) groups excluding carboxylic acids is 1. The molecule has 2 N–H and O–H groups in total. The summed E-state index contributed by atoms with van der Waals surface area (Å²) in [6.45, 7) is 0.159. The lowest BCUT2D eigenvalue weighted by atomic mass is 10.1. The Labute approximate surface area is 135 Å². The van der Waals surface area contributed by atoms with E-state index >= 15 is 0 Å². The third-order valence-corrected chi connectivity index (χ3v) is 4.19. The summed E-state index contributed by atoms with van der Waals surface area (Å²) >= 11 is 4.44. The highest BCUT2D eigenvalue weighted by Crippen LogP contribution is 2.32. The molecule has 0 saturated carbocycles. The van der Waals surface area contributed by atoms with Crippen LogP contribution in [0.1, 0.15) is 6.42 Å². The van der Waals surface area contributed by atoms with Crippen LogP contribution in [0.25, 0.3) is 0 Å². The molecule has 0 radical (unpaired) electrons. The first kappa shape index (κ1) is 14.3. The van der Waals surface area contributed by atoms with Crippen LogP contribution in [0.5, 0.6) is 0 Å².